The molecule has 0 aliphatic carbocycles. The number of carbonyl (C=O) groups excluding carboxylic acids is 5. The number of carbonyl (C=O) groups is 5. The third-order valence-electron chi connectivity index (χ3n) is 11.3. The summed E-state index contributed by atoms with van der Waals surface area (Å²) in [5.74, 6) is -2.35. The number of ether oxygens (including phenoxy) is 2. The molecule has 9 rings (SSSR count). The molecular weight excluding hydrogens is 780 g/mol. The van der Waals surface area contributed by atoms with Gasteiger partial charge in [0.05, 0.1) is 33.2 Å². The first kappa shape index (κ1) is 38.2. The molecule has 12 heteroatoms. The van der Waals surface area contributed by atoms with Crippen molar-refractivity contribution in [1.29, 1.82) is 0 Å². The first-order valence-corrected chi connectivity index (χ1v) is 20.6. The fourth-order valence-corrected chi connectivity index (χ4v) is 10.9. The number of nitrogens with zero attached hydrogens (tertiary/aromatic N) is 2. The molecule has 0 N–H and O–H groups in total. The average Bonchev–Trinajstić information content (AvgIpc) is 3.62. The van der Waals surface area contributed by atoms with Crippen LogP contribution in [0.25, 0.3) is 11.1 Å². The molecule has 0 radical (unpaired) electrons. The Labute approximate surface area is 344 Å². The van der Waals surface area contributed by atoms with Crippen LogP contribution in [0.4, 0.5) is 5.69 Å². The minimum atomic E-state index is -4.01. The lowest BCUT2D eigenvalue weighted by Gasteiger charge is -2.41. The number of aryl methyl sites for hydroxylation is 1. The van der Waals surface area contributed by atoms with Crippen LogP contribution >= 0.6 is 7.37 Å². The number of amides is 4. The molecule has 3 heterocycles. The normalized spacial score (nSPS) is 17.3. The summed E-state index contributed by atoms with van der Waals surface area (Å²) in [7, 11) is -2.61. The summed E-state index contributed by atoms with van der Waals surface area (Å²) in [4.78, 5) is 68.6. The number of imide groups is 2. The minimum Gasteiger partial charge on any atom is -0.457 e. The second kappa shape index (κ2) is 13.9. The molecule has 6 aromatic carbocycles. The number of hydrogen-bond donors (Lipinski definition) is 0. The van der Waals surface area contributed by atoms with Crippen molar-refractivity contribution in [3.63, 3.8) is 0 Å². The van der Waals surface area contributed by atoms with E-state index >= 15 is 4.57 Å². The van der Waals surface area contributed by atoms with Crippen LogP contribution in [0.2, 0.25) is 0 Å². The van der Waals surface area contributed by atoms with E-state index < -0.39 is 42.1 Å². The Morgan fingerprint density at radius 2 is 1.23 bits per heavy atom. The fourth-order valence-electron chi connectivity index (χ4n) is 7.94. The van der Waals surface area contributed by atoms with Crippen molar-refractivity contribution in [2.24, 2.45) is 0 Å². The van der Waals surface area contributed by atoms with Gasteiger partial charge >= 0.3 is 5.97 Å². The van der Waals surface area contributed by atoms with Gasteiger partial charge in [-0.05, 0) is 98.1 Å². The van der Waals surface area contributed by atoms with Gasteiger partial charge in [-0.2, -0.15) is 0 Å². The van der Waals surface area contributed by atoms with Crippen LogP contribution in [0.15, 0.2) is 140 Å². The van der Waals surface area contributed by atoms with Crippen molar-refractivity contribution in [3.8, 4) is 34.1 Å². The van der Waals surface area contributed by atoms with E-state index in [0.29, 0.717) is 22.2 Å². The van der Waals surface area contributed by atoms with Gasteiger partial charge in [-0.25, -0.2) is 9.69 Å². The smallest absolute Gasteiger partial charge is 0.338 e. The topological polar surface area (TPSA) is 137 Å². The zero-order chi connectivity index (χ0) is 42.2. The Kier molecular flexibility index (Phi) is 8.84. The highest BCUT2D eigenvalue weighted by Crippen LogP contribution is 2.69. The molecule has 3 aliphatic rings. The summed E-state index contributed by atoms with van der Waals surface area (Å²) in [5.41, 5.74) is 4.16. The lowest BCUT2D eigenvalue weighted by molar-refractivity contribution is -0.130. The zero-order valence-corrected chi connectivity index (χ0v) is 33.7. The van der Waals surface area contributed by atoms with Gasteiger partial charge in [-0.15, -0.1) is 0 Å². The number of fused-ring (bicyclic) bond motifs is 5. The number of benzene rings is 6. The highest BCUT2D eigenvalue weighted by molar-refractivity contribution is 7.69. The SMILES string of the molecule is C=C(C)C(=O)Oc1cc(C(C)(c2ccc(C)cc2)P2(=O)Oc3ccccc3-c3ccccc32)ccc1N1C(=O)c2ccc(Oc3ccc4c(c3)C(=O)N(C)C4=O)cc2C1=O. The number of esters is 1. The van der Waals surface area contributed by atoms with Crippen molar-refractivity contribution in [1.82, 2.24) is 4.90 Å². The molecule has 0 saturated heterocycles. The Morgan fingerprint density at radius 3 is 1.92 bits per heavy atom. The quantitative estimate of drug-likeness (QED) is 0.0484. The maximum absolute atomic E-state index is 16.1. The average molecular weight is 815 g/mol. The summed E-state index contributed by atoms with van der Waals surface area (Å²) in [6, 6.07) is 35.9. The second-order valence-corrected chi connectivity index (χ2v) is 17.7. The predicted octanol–water partition coefficient (Wildman–Crippen LogP) is 9.22. The van der Waals surface area contributed by atoms with E-state index in [1.165, 1.54) is 62.5 Å². The van der Waals surface area contributed by atoms with E-state index in [0.717, 1.165) is 26.5 Å². The van der Waals surface area contributed by atoms with Crippen molar-refractivity contribution in [2.45, 2.75) is 25.9 Å². The van der Waals surface area contributed by atoms with Gasteiger partial charge in [0.1, 0.15) is 22.4 Å². The molecule has 60 heavy (non-hydrogen) atoms. The number of anilines is 1. The van der Waals surface area contributed by atoms with E-state index in [2.05, 4.69) is 6.58 Å². The summed E-state index contributed by atoms with van der Waals surface area (Å²) >= 11 is 0. The van der Waals surface area contributed by atoms with Crippen LogP contribution in [0.5, 0.6) is 23.0 Å². The maximum Gasteiger partial charge on any atom is 0.338 e. The molecule has 0 bridgehead atoms. The summed E-state index contributed by atoms with van der Waals surface area (Å²) < 4.78 is 34.7. The number of para-hydroxylation sites is 1. The maximum atomic E-state index is 16.1. The van der Waals surface area contributed by atoms with Crippen LogP contribution in [-0.4, -0.2) is 41.5 Å². The molecule has 3 aliphatic heterocycles. The van der Waals surface area contributed by atoms with Gasteiger partial charge in [-0.3, -0.25) is 28.6 Å². The van der Waals surface area contributed by atoms with E-state index in [4.69, 9.17) is 14.0 Å². The number of rotatable bonds is 8. The molecule has 2 atom stereocenters. The molecule has 11 nitrogen and oxygen atoms in total. The Hall–Kier alpha value is -7.36. The van der Waals surface area contributed by atoms with E-state index in [1.807, 2.05) is 74.5 Å². The monoisotopic (exact) mass is 814 g/mol. The third-order valence-corrected chi connectivity index (χ3v) is 14.5. The molecule has 4 amide bonds. The van der Waals surface area contributed by atoms with Crippen molar-refractivity contribution >= 4 is 48.0 Å². The third kappa shape index (κ3) is 5.72. The fraction of sp³-hybridized carbons (Fsp3) is 0.104. The molecule has 0 fully saturated rings. The lowest BCUT2D eigenvalue weighted by Crippen LogP contribution is -2.35. The van der Waals surface area contributed by atoms with Gasteiger partial charge in [0, 0.05) is 18.2 Å². The molecular formula is C48H35N2O9P. The first-order chi connectivity index (χ1) is 28.7. The molecule has 2 unspecified atom stereocenters. The molecule has 0 aromatic heterocycles. The summed E-state index contributed by atoms with van der Waals surface area (Å²) in [6.45, 7) is 8.98. The van der Waals surface area contributed by atoms with Gasteiger partial charge in [0.2, 0.25) is 0 Å². The van der Waals surface area contributed by atoms with Gasteiger partial charge < -0.3 is 14.0 Å². The van der Waals surface area contributed by atoms with Gasteiger partial charge in [-0.1, -0.05) is 78.9 Å². The number of hydrogen-bond acceptors (Lipinski definition) is 9. The van der Waals surface area contributed by atoms with Crippen molar-refractivity contribution in [2.75, 3.05) is 11.9 Å². The minimum absolute atomic E-state index is 0.0192. The molecule has 296 valence electrons. The van der Waals surface area contributed by atoms with Crippen LogP contribution in [-0.2, 0) is 14.5 Å². The van der Waals surface area contributed by atoms with Gasteiger partial charge in [0.25, 0.3) is 31.0 Å². The molecule has 0 saturated carbocycles. The van der Waals surface area contributed by atoms with E-state index in [1.54, 1.807) is 18.2 Å². The highest BCUT2D eigenvalue weighted by atomic mass is 31.2. The molecule has 6 aromatic rings. The predicted molar refractivity (Wildman–Crippen MR) is 225 cm³/mol. The Bertz CT molecular complexity index is 2970. The second-order valence-electron chi connectivity index (χ2n) is 15.1. The first-order valence-electron chi connectivity index (χ1n) is 19.0. The Morgan fingerprint density at radius 1 is 0.667 bits per heavy atom. The van der Waals surface area contributed by atoms with Crippen molar-refractivity contribution < 1.29 is 42.5 Å². The van der Waals surface area contributed by atoms with Crippen molar-refractivity contribution in [3.05, 3.63) is 178 Å². The van der Waals surface area contributed by atoms with Crippen LogP contribution in [0, 0.1) is 6.92 Å². The van der Waals surface area contributed by atoms with E-state index in [9.17, 15) is 24.0 Å². The lowest BCUT2D eigenvalue weighted by atomic mass is 9.91. The van der Waals surface area contributed by atoms with Crippen LogP contribution in [0.3, 0.4) is 0 Å². The summed E-state index contributed by atoms with van der Waals surface area (Å²) in [5, 5.41) is -0.922. The molecule has 0 spiro atoms. The standard InChI is InChI=1S/C48H35N2O9P/c1-27(2)47(55)58-41-24-30(48(4,29-16-14-28(3)15-17-29)60(56)42-13-9-7-11-34(42)33-10-6-8-12-40(33)59-60)18-23-39(41)50-45(53)36-22-20-32(26-38(36)46(50)54)57-31-19-21-35-37(25-31)44(52)49(5)43(35)51/h6-26H,1H2,2-5H3. The van der Waals surface area contributed by atoms with Crippen LogP contribution in [0.1, 0.15) is 72.0 Å². The van der Waals surface area contributed by atoms with Gasteiger partial charge in [0.15, 0.2) is 5.75 Å². The highest BCUT2D eigenvalue weighted by Gasteiger charge is 2.54. The zero-order valence-electron chi connectivity index (χ0n) is 32.8. The Balaban J connectivity index is 1.14. The van der Waals surface area contributed by atoms with Crippen LogP contribution < -0.4 is 24.2 Å². The summed E-state index contributed by atoms with van der Waals surface area (Å²) in [6.07, 6.45) is 0. The van der Waals surface area contributed by atoms with E-state index in [-0.39, 0.29) is 50.8 Å². The largest absolute Gasteiger partial charge is 0.457 e.